The minimum Gasteiger partial charge on any atom is -0.514 e. The lowest BCUT2D eigenvalue weighted by atomic mass is 10.3. The van der Waals surface area contributed by atoms with Crippen LogP contribution < -0.4 is 8.85 Å². The molecule has 2 aromatic carbocycles. The molecule has 2 rings (SSSR count). The van der Waals surface area contributed by atoms with Crippen LogP contribution >= 0.6 is 0 Å². The zero-order valence-corrected chi connectivity index (χ0v) is 12.9. The Morgan fingerprint density at radius 2 is 1.40 bits per heavy atom. The van der Waals surface area contributed by atoms with Gasteiger partial charge in [0.25, 0.3) is 0 Å². The highest BCUT2D eigenvalue weighted by molar-refractivity contribution is 6.48. The van der Waals surface area contributed by atoms with Crippen molar-refractivity contribution in [3.63, 3.8) is 0 Å². The van der Waals surface area contributed by atoms with Crippen molar-refractivity contribution >= 4 is 9.28 Å². The first kappa shape index (κ1) is 14.4. The zero-order valence-electron chi connectivity index (χ0n) is 11.7. The quantitative estimate of drug-likeness (QED) is 0.556. The van der Waals surface area contributed by atoms with Gasteiger partial charge < -0.3 is 8.85 Å². The van der Waals surface area contributed by atoms with E-state index >= 15 is 0 Å². The molecule has 0 saturated carbocycles. The Morgan fingerprint density at radius 1 is 0.950 bits per heavy atom. The van der Waals surface area contributed by atoms with Gasteiger partial charge in [-0.25, -0.2) is 0 Å². The van der Waals surface area contributed by atoms with Crippen LogP contribution in [-0.4, -0.2) is 9.28 Å². The summed E-state index contributed by atoms with van der Waals surface area (Å²) in [6.07, 6.45) is 2.82. The van der Waals surface area contributed by atoms with Crippen LogP contribution in [0.25, 0.3) is 0 Å². The topological polar surface area (TPSA) is 18.5 Å². The number of para-hydroxylation sites is 2. The fourth-order valence-electron chi connectivity index (χ4n) is 1.90. The summed E-state index contributed by atoms with van der Waals surface area (Å²) < 4.78 is 12.2. The lowest BCUT2D eigenvalue weighted by Crippen LogP contribution is -2.34. The number of allylic oxidation sites excluding steroid dienone is 1. The van der Waals surface area contributed by atoms with Gasteiger partial charge in [-0.3, -0.25) is 0 Å². The van der Waals surface area contributed by atoms with Crippen LogP contribution in [0.2, 0.25) is 5.54 Å². The first-order chi connectivity index (χ1) is 9.79. The van der Waals surface area contributed by atoms with Gasteiger partial charge in [0.15, 0.2) is 0 Å². The van der Waals surface area contributed by atoms with E-state index in [0.717, 1.165) is 17.9 Å². The lowest BCUT2D eigenvalue weighted by molar-refractivity contribution is 0.405. The zero-order chi connectivity index (χ0) is 14.2. The van der Waals surface area contributed by atoms with Gasteiger partial charge in [-0.05, 0) is 30.7 Å². The molecule has 0 aromatic heterocycles. The Bertz CT molecular complexity index is 472. The number of hydrogen-bond donors (Lipinski definition) is 0. The van der Waals surface area contributed by atoms with Crippen LogP contribution in [0.4, 0.5) is 0 Å². The second kappa shape index (κ2) is 7.55. The van der Waals surface area contributed by atoms with Crippen LogP contribution in [0.15, 0.2) is 73.3 Å². The fraction of sp³-hybridized carbons (Fsp3) is 0.176. The van der Waals surface area contributed by atoms with E-state index in [4.69, 9.17) is 8.85 Å². The van der Waals surface area contributed by atoms with Gasteiger partial charge in [0.1, 0.15) is 11.5 Å². The van der Waals surface area contributed by atoms with Crippen molar-refractivity contribution in [1.82, 2.24) is 0 Å². The molecule has 0 bridgehead atoms. The van der Waals surface area contributed by atoms with E-state index in [-0.39, 0.29) is 0 Å². The van der Waals surface area contributed by atoms with E-state index in [1.165, 1.54) is 0 Å². The van der Waals surface area contributed by atoms with E-state index in [1.807, 2.05) is 66.7 Å². The monoisotopic (exact) mass is 284 g/mol. The molecule has 20 heavy (non-hydrogen) atoms. The smallest absolute Gasteiger partial charge is 0.447 e. The first-order valence-corrected chi connectivity index (χ1v) is 8.45. The van der Waals surface area contributed by atoms with Crippen molar-refractivity contribution in [2.75, 3.05) is 0 Å². The molecular formula is C17H20O2Si. The van der Waals surface area contributed by atoms with Crippen LogP contribution in [-0.2, 0) is 0 Å². The molecule has 0 fully saturated rings. The Hall–Kier alpha value is -2.00. The van der Waals surface area contributed by atoms with Gasteiger partial charge in [-0.2, -0.15) is 0 Å². The average molecular weight is 284 g/mol. The average Bonchev–Trinajstić information content (AvgIpc) is 2.49. The minimum atomic E-state index is -1.87. The number of rotatable bonds is 7. The maximum absolute atomic E-state index is 6.10. The molecule has 0 aliphatic carbocycles. The summed E-state index contributed by atoms with van der Waals surface area (Å²) in [6, 6.07) is 19.7. The first-order valence-electron chi connectivity index (χ1n) is 6.84. The maximum Gasteiger partial charge on any atom is 0.447 e. The molecule has 1 unspecified atom stereocenters. The SMILES string of the molecule is C=CCC(C)[SiH](Oc1ccccc1)Oc1ccccc1. The van der Waals surface area contributed by atoms with Gasteiger partial charge in [-0.15, -0.1) is 6.58 Å². The molecular weight excluding hydrogens is 264 g/mol. The Labute approximate surface area is 122 Å². The summed E-state index contributed by atoms with van der Waals surface area (Å²) in [6.45, 7) is 5.97. The largest absolute Gasteiger partial charge is 0.514 e. The predicted molar refractivity (Wildman–Crippen MR) is 85.5 cm³/mol. The number of benzene rings is 2. The Morgan fingerprint density at radius 3 is 1.80 bits per heavy atom. The van der Waals surface area contributed by atoms with Gasteiger partial charge in [0.2, 0.25) is 0 Å². The van der Waals surface area contributed by atoms with E-state index in [0.29, 0.717) is 5.54 Å². The van der Waals surface area contributed by atoms with Crippen LogP contribution in [0, 0.1) is 0 Å². The predicted octanol–water partition coefficient (Wildman–Crippen LogP) is 4.33. The van der Waals surface area contributed by atoms with E-state index in [1.54, 1.807) is 0 Å². The third-order valence-corrected chi connectivity index (χ3v) is 5.20. The van der Waals surface area contributed by atoms with Crippen molar-refractivity contribution in [2.45, 2.75) is 18.9 Å². The standard InChI is InChI=1S/C17H20O2Si/c1-3-10-15(2)20(18-16-11-6-4-7-12-16)19-17-13-8-5-9-14-17/h3-9,11-15,20H,1,10H2,2H3. The third-order valence-electron chi connectivity index (χ3n) is 2.99. The molecule has 3 heteroatoms. The molecule has 0 radical (unpaired) electrons. The summed E-state index contributed by atoms with van der Waals surface area (Å²) in [7, 11) is -1.87. The third kappa shape index (κ3) is 4.28. The van der Waals surface area contributed by atoms with Gasteiger partial charge in [-0.1, -0.05) is 49.4 Å². The van der Waals surface area contributed by atoms with E-state index in [2.05, 4.69) is 13.5 Å². The molecule has 0 amide bonds. The summed E-state index contributed by atoms with van der Waals surface area (Å²) in [5.41, 5.74) is 0.355. The Balaban J connectivity index is 2.10. The van der Waals surface area contributed by atoms with Gasteiger partial charge >= 0.3 is 9.28 Å². The Kier molecular flexibility index (Phi) is 5.44. The minimum absolute atomic E-state index is 0.355. The molecule has 0 aliphatic heterocycles. The molecule has 0 aliphatic rings. The molecule has 0 heterocycles. The summed E-state index contributed by atoms with van der Waals surface area (Å²) in [5.74, 6) is 1.74. The maximum atomic E-state index is 6.10. The molecule has 104 valence electrons. The summed E-state index contributed by atoms with van der Waals surface area (Å²) in [4.78, 5) is 0. The molecule has 1 atom stereocenters. The highest BCUT2D eigenvalue weighted by atomic mass is 28.3. The lowest BCUT2D eigenvalue weighted by Gasteiger charge is -2.23. The fourth-order valence-corrected chi connectivity index (χ4v) is 3.67. The van der Waals surface area contributed by atoms with Crippen molar-refractivity contribution in [3.8, 4) is 11.5 Å². The van der Waals surface area contributed by atoms with Crippen molar-refractivity contribution in [2.24, 2.45) is 0 Å². The van der Waals surface area contributed by atoms with E-state index < -0.39 is 9.28 Å². The molecule has 0 saturated heterocycles. The highest BCUT2D eigenvalue weighted by Gasteiger charge is 2.25. The molecule has 2 nitrogen and oxygen atoms in total. The summed E-state index contributed by atoms with van der Waals surface area (Å²) >= 11 is 0. The number of hydrogen-bond acceptors (Lipinski definition) is 2. The van der Waals surface area contributed by atoms with Crippen LogP contribution in [0.1, 0.15) is 13.3 Å². The second-order valence-electron chi connectivity index (χ2n) is 4.73. The van der Waals surface area contributed by atoms with Crippen LogP contribution in [0.3, 0.4) is 0 Å². The van der Waals surface area contributed by atoms with Crippen molar-refractivity contribution in [3.05, 3.63) is 73.3 Å². The van der Waals surface area contributed by atoms with Crippen LogP contribution in [0.5, 0.6) is 11.5 Å². The molecule has 0 spiro atoms. The second-order valence-corrected chi connectivity index (χ2v) is 7.08. The van der Waals surface area contributed by atoms with Gasteiger partial charge in [0, 0.05) is 5.54 Å². The van der Waals surface area contributed by atoms with Gasteiger partial charge in [0.05, 0.1) is 0 Å². The normalized spacial score (nSPS) is 11.9. The van der Waals surface area contributed by atoms with Crippen molar-refractivity contribution in [1.29, 1.82) is 0 Å². The summed E-state index contributed by atoms with van der Waals surface area (Å²) in [5, 5.41) is 0. The van der Waals surface area contributed by atoms with E-state index in [9.17, 15) is 0 Å². The van der Waals surface area contributed by atoms with Crippen molar-refractivity contribution < 1.29 is 8.85 Å². The molecule has 2 aromatic rings. The molecule has 0 N–H and O–H groups in total. The highest BCUT2D eigenvalue weighted by Crippen LogP contribution is 2.22.